The molecule has 4 rings (SSSR count). The number of carbonyl (C=O) groups excluding carboxylic acids is 2. The van der Waals surface area contributed by atoms with Crippen LogP contribution < -0.4 is 20.1 Å². The van der Waals surface area contributed by atoms with Crippen molar-refractivity contribution >= 4 is 17.6 Å². The molecule has 0 bridgehead atoms. The normalized spacial score (nSPS) is 13.5. The topological polar surface area (TPSA) is 111 Å². The van der Waals surface area contributed by atoms with Gasteiger partial charge in [0, 0.05) is 43.5 Å². The molecule has 2 aromatic carbocycles. The SMILES string of the molecule is COc1cc(C(=O)N2CCN(c3ccnc(-c4ccccc4)n3)CC2)ccc1OCC(N)=O. The third-order valence-electron chi connectivity index (χ3n) is 5.34. The van der Waals surface area contributed by atoms with E-state index < -0.39 is 5.91 Å². The van der Waals surface area contributed by atoms with Crippen LogP contribution in [-0.2, 0) is 4.79 Å². The highest BCUT2D eigenvalue weighted by atomic mass is 16.5. The molecule has 1 fully saturated rings. The van der Waals surface area contributed by atoms with Crippen molar-refractivity contribution in [1.29, 1.82) is 0 Å². The Balaban J connectivity index is 1.41. The van der Waals surface area contributed by atoms with E-state index in [1.165, 1.54) is 7.11 Å². The first-order valence-electron chi connectivity index (χ1n) is 10.6. The quantitative estimate of drug-likeness (QED) is 0.590. The zero-order valence-electron chi connectivity index (χ0n) is 18.3. The molecule has 1 aromatic heterocycles. The molecule has 0 unspecified atom stereocenters. The Morgan fingerprint density at radius 2 is 1.76 bits per heavy atom. The smallest absolute Gasteiger partial charge is 0.255 e. The molecule has 33 heavy (non-hydrogen) atoms. The highest BCUT2D eigenvalue weighted by molar-refractivity contribution is 5.95. The molecule has 9 heteroatoms. The summed E-state index contributed by atoms with van der Waals surface area (Å²) in [4.78, 5) is 37.0. The van der Waals surface area contributed by atoms with Crippen LogP contribution in [0.5, 0.6) is 11.5 Å². The number of nitrogens with zero attached hydrogens (tertiary/aromatic N) is 4. The highest BCUT2D eigenvalue weighted by Gasteiger charge is 2.24. The lowest BCUT2D eigenvalue weighted by Crippen LogP contribution is -2.49. The minimum absolute atomic E-state index is 0.0953. The predicted octanol–water partition coefficient (Wildman–Crippen LogP) is 1.98. The van der Waals surface area contributed by atoms with Crippen LogP contribution in [0, 0.1) is 0 Å². The Labute approximate surface area is 191 Å². The minimum atomic E-state index is -0.588. The third kappa shape index (κ3) is 5.20. The third-order valence-corrected chi connectivity index (χ3v) is 5.34. The lowest BCUT2D eigenvalue weighted by atomic mass is 10.1. The van der Waals surface area contributed by atoms with Crippen molar-refractivity contribution < 1.29 is 19.1 Å². The van der Waals surface area contributed by atoms with Crippen LogP contribution in [0.15, 0.2) is 60.8 Å². The molecule has 0 aliphatic carbocycles. The number of benzene rings is 2. The van der Waals surface area contributed by atoms with Gasteiger partial charge in [0.15, 0.2) is 23.9 Å². The van der Waals surface area contributed by atoms with Gasteiger partial charge in [-0.15, -0.1) is 0 Å². The molecule has 0 spiro atoms. The zero-order chi connectivity index (χ0) is 23.2. The molecule has 2 amide bonds. The summed E-state index contributed by atoms with van der Waals surface area (Å²) in [6.45, 7) is 2.18. The predicted molar refractivity (Wildman–Crippen MR) is 123 cm³/mol. The number of anilines is 1. The Bertz CT molecular complexity index is 1130. The van der Waals surface area contributed by atoms with E-state index in [0.717, 1.165) is 11.4 Å². The standard InChI is InChI=1S/C24H25N5O4/c1-32-20-15-18(7-8-19(20)33-16-21(25)30)24(31)29-13-11-28(12-14-29)22-9-10-26-23(27-22)17-5-3-2-4-6-17/h2-10,15H,11-14,16H2,1H3,(H2,25,30). The molecule has 9 nitrogen and oxygen atoms in total. The number of amides is 2. The maximum absolute atomic E-state index is 13.0. The Kier molecular flexibility index (Phi) is 6.68. The van der Waals surface area contributed by atoms with Crippen LogP contribution in [0.25, 0.3) is 11.4 Å². The van der Waals surface area contributed by atoms with Crippen molar-refractivity contribution in [2.24, 2.45) is 5.73 Å². The average molecular weight is 447 g/mol. The summed E-state index contributed by atoms with van der Waals surface area (Å²) < 4.78 is 10.6. The number of piperazine rings is 1. The molecule has 1 aliphatic heterocycles. The van der Waals surface area contributed by atoms with Gasteiger partial charge in [-0.3, -0.25) is 9.59 Å². The molecule has 1 aliphatic rings. The van der Waals surface area contributed by atoms with Crippen molar-refractivity contribution in [2.45, 2.75) is 0 Å². The number of carbonyl (C=O) groups is 2. The molecule has 170 valence electrons. The number of hydrogen-bond donors (Lipinski definition) is 1. The van der Waals surface area contributed by atoms with E-state index in [9.17, 15) is 9.59 Å². The van der Waals surface area contributed by atoms with E-state index in [-0.39, 0.29) is 12.5 Å². The van der Waals surface area contributed by atoms with Gasteiger partial charge in [0.05, 0.1) is 7.11 Å². The van der Waals surface area contributed by atoms with E-state index in [1.54, 1.807) is 29.3 Å². The first kappa shape index (κ1) is 22.1. The largest absolute Gasteiger partial charge is 0.493 e. The van der Waals surface area contributed by atoms with Crippen LogP contribution in [0.4, 0.5) is 5.82 Å². The number of aromatic nitrogens is 2. The second-order valence-electron chi connectivity index (χ2n) is 7.50. The number of nitrogens with two attached hydrogens (primary N) is 1. The summed E-state index contributed by atoms with van der Waals surface area (Å²) in [5, 5.41) is 0. The number of primary amides is 1. The van der Waals surface area contributed by atoms with E-state index in [2.05, 4.69) is 9.88 Å². The van der Waals surface area contributed by atoms with Gasteiger partial charge < -0.3 is 25.0 Å². The summed E-state index contributed by atoms with van der Waals surface area (Å²) in [6.07, 6.45) is 1.76. The summed E-state index contributed by atoms with van der Waals surface area (Å²) in [5.74, 6) is 1.56. The Hall–Kier alpha value is -4.14. The van der Waals surface area contributed by atoms with Gasteiger partial charge in [0.2, 0.25) is 0 Å². The van der Waals surface area contributed by atoms with Crippen molar-refractivity contribution in [3.05, 3.63) is 66.4 Å². The summed E-state index contributed by atoms with van der Waals surface area (Å²) in [6, 6.07) is 16.6. The van der Waals surface area contributed by atoms with Gasteiger partial charge in [0.1, 0.15) is 5.82 Å². The zero-order valence-corrected chi connectivity index (χ0v) is 18.3. The van der Waals surface area contributed by atoms with Gasteiger partial charge in [0.25, 0.3) is 11.8 Å². The first-order valence-corrected chi connectivity index (χ1v) is 10.6. The molecule has 1 saturated heterocycles. The average Bonchev–Trinajstić information content (AvgIpc) is 2.87. The molecule has 0 saturated carbocycles. The second kappa shape index (κ2) is 9.99. The summed E-state index contributed by atoms with van der Waals surface area (Å²) >= 11 is 0. The fourth-order valence-corrected chi connectivity index (χ4v) is 3.64. The van der Waals surface area contributed by atoms with Crippen molar-refractivity contribution in [3.8, 4) is 22.9 Å². The maximum Gasteiger partial charge on any atom is 0.255 e. The summed E-state index contributed by atoms with van der Waals surface area (Å²) in [5.41, 5.74) is 6.57. The van der Waals surface area contributed by atoms with Gasteiger partial charge in [-0.1, -0.05) is 30.3 Å². The molecule has 0 radical (unpaired) electrons. The van der Waals surface area contributed by atoms with E-state index in [1.807, 2.05) is 36.4 Å². The van der Waals surface area contributed by atoms with Crippen molar-refractivity contribution in [1.82, 2.24) is 14.9 Å². The second-order valence-corrected chi connectivity index (χ2v) is 7.50. The van der Waals surface area contributed by atoms with Crippen molar-refractivity contribution in [2.75, 3.05) is 44.8 Å². The van der Waals surface area contributed by atoms with Gasteiger partial charge in [-0.25, -0.2) is 9.97 Å². The molecule has 3 aromatic rings. The molecule has 2 N–H and O–H groups in total. The molecule has 0 atom stereocenters. The number of rotatable bonds is 7. The highest BCUT2D eigenvalue weighted by Crippen LogP contribution is 2.29. The Morgan fingerprint density at radius 3 is 2.45 bits per heavy atom. The molecular weight excluding hydrogens is 422 g/mol. The Morgan fingerprint density at radius 1 is 1.00 bits per heavy atom. The van der Waals surface area contributed by atoms with Gasteiger partial charge >= 0.3 is 0 Å². The first-order chi connectivity index (χ1) is 16.0. The van der Waals surface area contributed by atoms with Crippen LogP contribution in [0.1, 0.15) is 10.4 Å². The van der Waals surface area contributed by atoms with E-state index >= 15 is 0 Å². The van der Waals surface area contributed by atoms with Crippen LogP contribution >= 0.6 is 0 Å². The minimum Gasteiger partial charge on any atom is -0.493 e. The lowest BCUT2D eigenvalue weighted by molar-refractivity contribution is -0.119. The number of hydrogen-bond acceptors (Lipinski definition) is 7. The van der Waals surface area contributed by atoms with E-state index in [0.29, 0.717) is 49.1 Å². The van der Waals surface area contributed by atoms with Crippen molar-refractivity contribution in [3.63, 3.8) is 0 Å². The fraction of sp³-hybridized carbons (Fsp3) is 0.250. The van der Waals surface area contributed by atoms with Crippen LogP contribution in [0.3, 0.4) is 0 Å². The summed E-state index contributed by atoms with van der Waals surface area (Å²) in [7, 11) is 1.48. The van der Waals surface area contributed by atoms with Crippen LogP contribution in [0.2, 0.25) is 0 Å². The molecule has 2 heterocycles. The number of methoxy groups -OCH3 is 1. The maximum atomic E-state index is 13.0. The fourth-order valence-electron chi connectivity index (χ4n) is 3.64. The van der Waals surface area contributed by atoms with E-state index in [4.69, 9.17) is 20.2 Å². The molecular formula is C24H25N5O4. The number of ether oxygens (including phenoxy) is 2. The monoisotopic (exact) mass is 447 g/mol. The van der Waals surface area contributed by atoms with Gasteiger partial charge in [-0.05, 0) is 24.3 Å². The lowest BCUT2D eigenvalue weighted by Gasteiger charge is -2.35. The van der Waals surface area contributed by atoms with Gasteiger partial charge in [-0.2, -0.15) is 0 Å². The van der Waals surface area contributed by atoms with Crippen LogP contribution in [-0.4, -0.2) is 66.6 Å².